The largest absolute Gasteiger partial charge is 0.316 e. The normalized spacial score (nSPS) is 17.6. The molecule has 0 aromatic heterocycles. The Morgan fingerprint density at radius 3 is 2.28 bits per heavy atom. The zero-order valence-electron chi connectivity index (χ0n) is 10.5. The second-order valence-corrected chi connectivity index (χ2v) is 5.06. The first-order valence-electron chi connectivity index (χ1n) is 6.30. The maximum absolute atomic E-state index is 6.80. The standard InChI is InChI=1S/C14H18ClN3/c1-16-6-7-17-8-10-18(11-9-17)12-13-2-4-14(15)5-3-13/h2-5H,6-12H2. The molecule has 96 valence electrons. The van der Waals surface area contributed by atoms with Gasteiger partial charge in [-0.3, -0.25) is 9.80 Å². The van der Waals surface area contributed by atoms with Crippen LogP contribution in [0.1, 0.15) is 5.56 Å². The summed E-state index contributed by atoms with van der Waals surface area (Å²) in [6.45, 7) is 13.6. The van der Waals surface area contributed by atoms with Crippen molar-refractivity contribution >= 4 is 11.6 Å². The van der Waals surface area contributed by atoms with Crippen LogP contribution in [-0.4, -0.2) is 49.1 Å². The summed E-state index contributed by atoms with van der Waals surface area (Å²) in [7, 11) is 0. The van der Waals surface area contributed by atoms with Crippen LogP contribution in [-0.2, 0) is 6.54 Å². The van der Waals surface area contributed by atoms with E-state index < -0.39 is 0 Å². The molecule has 1 fully saturated rings. The van der Waals surface area contributed by atoms with Crippen LogP contribution in [0.4, 0.5) is 0 Å². The van der Waals surface area contributed by atoms with Crippen molar-refractivity contribution in [1.29, 1.82) is 0 Å². The van der Waals surface area contributed by atoms with Crippen molar-refractivity contribution in [3.05, 3.63) is 46.3 Å². The molecule has 3 nitrogen and oxygen atoms in total. The van der Waals surface area contributed by atoms with Crippen molar-refractivity contribution in [1.82, 2.24) is 9.80 Å². The summed E-state index contributed by atoms with van der Waals surface area (Å²) in [4.78, 5) is 8.23. The van der Waals surface area contributed by atoms with Gasteiger partial charge in [0.1, 0.15) is 0 Å². The highest BCUT2D eigenvalue weighted by atomic mass is 35.5. The number of nitrogens with zero attached hydrogens (tertiary/aromatic N) is 3. The van der Waals surface area contributed by atoms with Gasteiger partial charge in [-0.2, -0.15) is 0 Å². The minimum atomic E-state index is 0.622. The lowest BCUT2D eigenvalue weighted by Gasteiger charge is -2.33. The minimum absolute atomic E-state index is 0.622. The molecule has 0 saturated carbocycles. The molecule has 0 radical (unpaired) electrons. The van der Waals surface area contributed by atoms with Crippen LogP contribution >= 0.6 is 11.6 Å². The Bertz CT molecular complexity index is 402. The molecule has 1 saturated heterocycles. The van der Waals surface area contributed by atoms with Gasteiger partial charge in [-0.25, -0.2) is 6.57 Å². The van der Waals surface area contributed by atoms with Crippen LogP contribution in [0.2, 0.25) is 5.02 Å². The molecule has 1 aromatic rings. The zero-order valence-corrected chi connectivity index (χ0v) is 11.2. The molecule has 0 aliphatic carbocycles. The Hall–Kier alpha value is -1.08. The summed E-state index contributed by atoms with van der Waals surface area (Å²) in [5, 5.41) is 0.794. The van der Waals surface area contributed by atoms with E-state index >= 15 is 0 Å². The van der Waals surface area contributed by atoms with E-state index in [0.29, 0.717) is 6.54 Å². The van der Waals surface area contributed by atoms with Gasteiger partial charge in [0.05, 0.1) is 6.54 Å². The molecule has 1 aliphatic rings. The minimum Gasteiger partial charge on any atom is -0.316 e. The number of hydrogen-bond acceptors (Lipinski definition) is 2. The average Bonchev–Trinajstić information content (AvgIpc) is 2.41. The topological polar surface area (TPSA) is 10.8 Å². The van der Waals surface area contributed by atoms with Gasteiger partial charge in [-0.05, 0) is 17.7 Å². The van der Waals surface area contributed by atoms with Gasteiger partial charge in [-0.1, -0.05) is 23.7 Å². The van der Waals surface area contributed by atoms with Gasteiger partial charge < -0.3 is 4.85 Å². The van der Waals surface area contributed by atoms with Gasteiger partial charge >= 0.3 is 0 Å². The lowest BCUT2D eigenvalue weighted by molar-refractivity contribution is 0.131. The fraction of sp³-hybridized carbons (Fsp3) is 0.500. The monoisotopic (exact) mass is 263 g/mol. The van der Waals surface area contributed by atoms with Gasteiger partial charge in [0, 0.05) is 37.7 Å². The van der Waals surface area contributed by atoms with Gasteiger partial charge in [-0.15, -0.1) is 0 Å². The van der Waals surface area contributed by atoms with Crippen LogP contribution < -0.4 is 0 Å². The van der Waals surface area contributed by atoms with Crippen molar-refractivity contribution in [2.75, 3.05) is 39.3 Å². The van der Waals surface area contributed by atoms with Crippen LogP contribution in [0.15, 0.2) is 24.3 Å². The summed E-state index contributed by atoms with van der Waals surface area (Å²) in [5.41, 5.74) is 1.31. The van der Waals surface area contributed by atoms with E-state index in [1.807, 2.05) is 12.1 Å². The molecule has 0 unspecified atom stereocenters. The molecule has 0 atom stereocenters. The van der Waals surface area contributed by atoms with E-state index in [9.17, 15) is 0 Å². The lowest BCUT2D eigenvalue weighted by Crippen LogP contribution is -2.46. The molecule has 2 rings (SSSR count). The zero-order chi connectivity index (χ0) is 12.8. The molecule has 0 spiro atoms. The number of rotatable bonds is 4. The molecule has 18 heavy (non-hydrogen) atoms. The first-order valence-corrected chi connectivity index (χ1v) is 6.68. The van der Waals surface area contributed by atoms with E-state index in [1.54, 1.807) is 0 Å². The Labute approximate surface area is 114 Å². The molecule has 0 amide bonds. The highest BCUT2D eigenvalue weighted by molar-refractivity contribution is 6.30. The summed E-state index contributed by atoms with van der Waals surface area (Å²) in [6.07, 6.45) is 0. The van der Waals surface area contributed by atoms with Crippen molar-refractivity contribution in [3.8, 4) is 0 Å². The summed E-state index contributed by atoms with van der Waals surface area (Å²) in [6, 6.07) is 8.08. The smallest absolute Gasteiger partial charge is 0.227 e. The van der Waals surface area contributed by atoms with Crippen LogP contribution in [0, 0.1) is 6.57 Å². The lowest BCUT2D eigenvalue weighted by atomic mass is 10.2. The summed E-state index contributed by atoms with van der Waals surface area (Å²) < 4.78 is 0. The number of benzene rings is 1. The fourth-order valence-corrected chi connectivity index (χ4v) is 2.34. The predicted molar refractivity (Wildman–Crippen MR) is 74.6 cm³/mol. The average molecular weight is 264 g/mol. The van der Waals surface area contributed by atoms with Gasteiger partial charge in [0.15, 0.2) is 0 Å². The summed E-state index contributed by atoms with van der Waals surface area (Å²) in [5.74, 6) is 0. The molecule has 4 heteroatoms. The van der Waals surface area contributed by atoms with Crippen molar-refractivity contribution < 1.29 is 0 Å². The fourth-order valence-electron chi connectivity index (χ4n) is 2.21. The predicted octanol–water partition coefficient (Wildman–Crippen LogP) is 2.38. The third-order valence-electron chi connectivity index (χ3n) is 3.31. The highest BCUT2D eigenvalue weighted by Gasteiger charge is 2.16. The molecular formula is C14H18ClN3. The Balaban J connectivity index is 1.76. The van der Waals surface area contributed by atoms with E-state index in [-0.39, 0.29) is 0 Å². The van der Waals surface area contributed by atoms with Crippen molar-refractivity contribution in [2.24, 2.45) is 0 Å². The maximum Gasteiger partial charge on any atom is 0.227 e. The van der Waals surface area contributed by atoms with Gasteiger partial charge in [0.25, 0.3) is 0 Å². The van der Waals surface area contributed by atoms with Gasteiger partial charge in [0.2, 0.25) is 6.54 Å². The Morgan fingerprint density at radius 1 is 1.06 bits per heavy atom. The van der Waals surface area contributed by atoms with E-state index in [0.717, 1.165) is 44.3 Å². The number of piperazine rings is 1. The van der Waals surface area contributed by atoms with Crippen molar-refractivity contribution in [3.63, 3.8) is 0 Å². The molecule has 1 heterocycles. The second-order valence-electron chi connectivity index (χ2n) is 4.63. The first-order chi connectivity index (χ1) is 8.78. The quantitative estimate of drug-likeness (QED) is 0.773. The Kier molecular flexibility index (Phi) is 5.00. The third kappa shape index (κ3) is 3.99. The molecule has 1 aliphatic heterocycles. The number of halogens is 1. The van der Waals surface area contributed by atoms with Crippen LogP contribution in [0.5, 0.6) is 0 Å². The molecule has 0 bridgehead atoms. The highest BCUT2D eigenvalue weighted by Crippen LogP contribution is 2.12. The molecule has 0 N–H and O–H groups in total. The van der Waals surface area contributed by atoms with E-state index in [4.69, 9.17) is 18.2 Å². The second kappa shape index (κ2) is 6.75. The third-order valence-corrected chi connectivity index (χ3v) is 3.56. The first kappa shape index (κ1) is 13.4. The maximum atomic E-state index is 6.80. The molecule has 1 aromatic carbocycles. The van der Waals surface area contributed by atoms with E-state index in [2.05, 4.69) is 26.8 Å². The van der Waals surface area contributed by atoms with Crippen LogP contribution in [0.25, 0.3) is 4.85 Å². The van der Waals surface area contributed by atoms with E-state index in [1.165, 1.54) is 5.56 Å². The summed E-state index contributed by atoms with van der Waals surface area (Å²) >= 11 is 5.88. The van der Waals surface area contributed by atoms with Crippen LogP contribution in [0.3, 0.4) is 0 Å². The SMILES string of the molecule is [C-]#[N+]CCN1CCN(Cc2ccc(Cl)cc2)CC1. The van der Waals surface area contributed by atoms with Crippen molar-refractivity contribution in [2.45, 2.75) is 6.54 Å². The molecular weight excluding hydrogens is 246 g/mol. The Morgan fingerprint density at radius 2 is 1.67 bits per heavy atom. The number of hydrogen-bond donors (Lipinski definition) is 0.